The molecule has 3 N–H and O–H groups in total. The summed E-state index contributed by atoms with van der Waals surface area (Å²) in [5.74, 6) is 1.55. The van der Waals surface area contributed by atoms with Crippen LogP contribution in [-0.2, 0) is 0 Å². The summed E-state index contributed by atoms with van der Waals surface area (Å²) in [6.45, 7) is 3.99. The van der Waals surface area contributed by atoms with Crippen LogP contribution in [0.4, 0.5) is 22.0 Å². The summed E-state index contributed by atoms with van der Waals surface area (Å²) in [7, 11) is 0. The highest BCUT2D eigenvalue weighted by molar-refractivity contribution is 5.89. The lowest BCUT2D eigenvalue weighted by molar-refractivity contribution is 0.242. The second-order valence-corrected chi connectivity index (χ2v) is 6.12. The van der Waals surface area contributed by atoms with E-state index < -0.39 is 0 Å². The molecule has 6 heteroatoms. The fraction of sp³-hybridized carbons (Fsp3) is 0.333. The average Bonchev–Trinajstić information content (AvgIpc) is 3.34. The number of benzene rings is 1. The SMILES string of the molecule is CC(C)Oc1ccc(Nc2ccc(NC(=O)NC3CC3)cn2)cc1. The predicted octanol–water partition coefficient (Wildman–Crippen LogP) is 3.90. The van der Waals surface area contributed by atoms with Gasteiger partial charge in [0.1, 0.15) is 11.6 Å². The second-order valence-electron chi connectivity index (χ2n) is 6.12. The maximum atomic E-state index is 11.7. The van der Waals surface area contributed by atoms with Crippen LogP contribution in [-0.4, -0.2) is 23.2 Å². The highest BCUT2D eigenvalue weighted by Gasteiger charge is 2.23. The molecule has 1 fully saturated rings. The van der Waals surface area contributed by atoms with Crippen molar-refractivity contribution in [2.75, 3.05) is 10.6 Å². The first-order valence-corrected chi connectivity index (χ1v) is 8.16. The van der Waals surface area contributed by atoms with E-state index in [0.717, 1.165) is 24.3 Å². The molecule has 0 bridgehead atoms. The number of anilines is 3. The lowest BCUT2D eigenvalue weighted by Crippen LogP contribution is -2.30. The Kier molecular flexibility index (Phi) is 4.84. The lowest BCUT2D eigenvalue weighted by atomic mass is 10.3. The molecule has 0 saturated heterocycles. The predicted molar refractivity (Wildman–Crippen MR) is 94.9 cm³/mol. The molecule has 0 spiro atoms. The van der Waals surface area contributed by atoms with Crippen LogP contribution >= 0.6 is 0 Å². The van der Waals surface area contributed by atoms with Crippen molar-refractivity contribution in [2.24, 2.45) is 0 Å². The molecule has 1 aliphatic rings. The molecule has 1 saturated carbocycles. The van der Waals surface area contributed by atoms with Gasteiger partial charge in [0.05, 0.1) is 18.0 Å². The molecule has 1 aromatic heterocycles. The zero-order chi connectivity index (χ0) is 16.9. The largest absolute Gasteiger partial charge is 0.491 e. The third-order valence-corrected chi connectivity index (χ3v) is 3.43. The van der Waals surface area contributed by atoms with Gasteiger partial charge in [-0.15, -0.1) is 0 Å². The van der Waals surface area contributed by atoms with E-state index in [4.69, 9.17) is 4.74 Å². The number of ether oxygens (including phenoxy) is 1. The first-order chi connectivity index (χ1) is 11.6. The number of amides is 2. The van der Waals surface area contributed by atoms with Gasteiger partial charge >= 0.3 is 6.03 Å². The molecule has 6 nitrogen and oxygen atoms in total. The molecule has 1 aliphatic carbocycles. The van der Waals surface area contributed by atoms with Crippen LogP contribution in [0, 0.1) is 0 Å². The third kappa shape index (κ3) is 4.87. The molecule has 24 heavy (non-hydrogen) atoms. The summed E-state index contributed by atoms with van der Waals surface area (Å²) >= 11 is 0. The van der Waals surface area contributed by atoms with Crippen LogP contribution < -0.4 is 20.7 Å². The molecule has 1 heterocycles. The van der Waals surface area contributed by atoms with E-state index in [0.29, 0.717) is 17.5 Å². The summed E-state index contributed by atoms with van der Waals surface area (Å²) < 4.78 is 5.61. The van der Waals surface area contributed by atoms with Gasteiger partial charge in [0, 0.05) is 11.7 Å². The fourth-order valence-electron chi connectivity index (χ4n) is 2.16. The van der Waals surface area contributed by atoms with Crippen molar-refractivity contribution < 1.29 is 9.53 Å². The highest BCUT2D eigenvalue weighted by Crippen LogP contribution is 2.21. The van der Waals surface area contributed by atoms with Crippen molar-refractivity contribution in [3.8, 4) is 5.75 Å². The number of hydrogen-bond acceptors (Lipinski definition) is 4. The van der Waals surface area contributed by atoms with Crippen LogP contribution in [0.5, 0.6) is 5.75 Å². The molecule has 0 radical (unpaired) electrons. The van der Waals surface area contributed by atoms with Gasteiger partial charge < -0.3 is 20.7 Å². The van der Waals surface area contributed by atoms with Crippen molar-refractivity contribution in [1.82, 2.24) is 10.3 Å². The summed E-state index contributed by atoms with van der Waals surface area (Å²) in [6.07, 6.45) is 3.92. The van der Waals surface area contributed by atoms with E-state index in [1.54, 1.807) is 6.20 Å². The first-order valence-electron chi connectivity index (χ1n) is 8.16. The van der Waals surface area contributed by atoms with E-state index in [-0.39, 0.29) is 12.1 Å². The number of carbonyl (C=O) groups excluding carboxylic acids is 1. The minimum atomic E-state index is -0.180. The van der Waals surface area contributed by atoms with E-state index in [1.165, 1.54) is 0 Å². The van der Waals surface area contributed by atoms with E-state index >= 15 is 0 Å². The smallest absolute Gasteiger partial charge is 0.319 e. The molecule has 3 rings (SSSR count). The van der Waals surface area contributed by atoms with Crippen LogP contribution in [0.15, 0.2) is 42.6 Å². The van der Waals surface area contributed by atoms with Crippen LogP contribution in [0.1, 0.15) is 26.7 Å². The topological polar surface area (TPSA) is 75.3 Å². The van der Waals surface area contributed by atoms with Crippen molar-refractivity contribution >= 4 is 23.2 Å². The Balaban J connectivity index is 1.54. The Morgan fingerprint density at radius 3 is 2.42 bits per heavy atom. The number of urea groups is 1. The van der Waals surface area contributed by atoms with Gasteiger partial charge in [0.25, 0.3) is 0 Å². The van der Waals surface area contributed by atoms with Crippen molar-refractivity contribution in [3.63, 3.8) is 0 Å². The molecule has 0 unspecified atom stereocenters. The molecule has 0 aliphatic heterocycles. The second kappa shape index (κ2) is 7.21. The Morgan fingerprint density at radius 2 is 1.83 bits per heavy atom. The molecular formula is C18H22N4O2. The Morgan fingerprint density at radius 1 is 1.12 bits per heavy atom. The quantitative estimate of drug-likeness (QED) is 0.752. The van der Waals surface area contributed by atoms with Crippen molar-refractivity contribution in [2.45, 2.75) is 38.8 Å². The number of aromatic nitrogens is 1. The van der Waals surface area contributed by atoms with Crippen LogP contribution in [0.3, 0.4) is 0 Å². The Hall–Kier alpha value is -2.76. The van der Waals surface area contributed by atoms with Crippen molar-refractivity contribution in [3.05, 3.63) is 42.6 Å². The van der Waals surface area contributed by atoms with Gasteiger partial charge in [-0.05, 0) is 63.1 Å². The maximum absolute atomic E-state index is 11.7. The Bertz CT molecular complexity index is 679. The van der Waals surface area contributed by atoms with Gasteiger partial charge in [-0.25, -0.2) is 9.78 Å². The van der Waals surface area contributed by atoms with E-state index in [2.05, 4.69) is 20.9 Å². The number of rotatable bonds is 6. The zero-order valence-electron chi connectivity index (χ0n) is 13.9. The summed E-state index contributed by atoms with van der Waals surface area (Å²) in [5.41, 5.74) is 1.59. The minimum Gasteiger partial charge on any atom is -0.491 e. The number of carbonyl (C=O) groups is 1. The molecular weight excluding hydrogens is 304 g/mol. The minimum absolute atomic E-state index is 0.155. The van der Waals surface area contributed by atoms with Gasteiger partial charge in [-0.1, -0.05) is 0 Å². The highest BCUT2D eigenvalue weighted by atomic mass is 16.5. The lowest BCUT2D eigenvalue weighted by Gasteiger charge is -2.11. The maximum Gasteiger partial charge on any atom is 0.319 e. The number of hydrogen-bond donors (Lipinski definition) is 3. The van der Waals surface area contributed by atoms with Gasteiger partial charge in [0.2, 0.25) is 0 Å². The van der Waals surface area contributed by atoms with Crippen LogP contribution in [0.2, 0.25) is 0 Å². The number of pyridine rings is 1. The van der Waals surface area contributed by atoms with Gasteiger partial charge in [-0.3, -0.25) is 0 Å². The van der Waals surface area contributed by atoms with E-state index in [1.807, 2.05) is 50.2 Å². The standard InChI is InChI=1S/C18H22N4O2/c1-12(2)24-16-8-5-13(6-9-16)20-17-10-7-15(11-19-17)22-18(23)21-14-3-4-14/h5-12,14H,3-4H2,1-2H3,(H,19,20)(H2,21,22,23). The fourth-order valence-corrected chi connectivity index (χ4v) is 2.16. The molecule has 1 aromatic carbocycles. The molecule has 0 atom stereocenters. The summed E-state index contributed by atoms with van der Waals surface area (Å²) in [5, 5.41) is 8.86. The Labute approximate surface area is 141 Å². The monoisotopic (exact) mass is 326 g/mol. The summed E-state index contributed by atoms with van der Waals surface area (Å²) in [6, 6.07) is 11.5. The third-order valence-electron chi connectivity index (χ3n) is 3.43. The van der Waals surface area contributed by atoms with Gasteiger partial charge in [-0.2, -0.15) is 0 Å². The number of nitrogens with zero attached hydrogens (tertiary/aromatic N) is 1. The normalized spacial score (nSPS) is 13.5. The first kappa shape index (κ1) is 16.1. The molecule has 2 aromatic rings. The van der Waals surface area contributed by atoms with Crippen LogP contribution in [0.25, 0.3) is 0 Å². The number of nitrogens with one attached hydrogen (secondary N) is 3. The van der Waals surface area contributed by atoms with Crippen molar-refractivity contribution in [1.29, 1.82) is 0 Å². The van der Waals surface area contributed by atoms with E-state index in [9.17, 15) is 4.79 Å². The zero-order valence-corrected chi connectivity index (χ0v) is 13.9. The van der Waals surface area contributed by atoms with Gasteiger partial charge in [0.15, 0.2) is 0 Å². The summed E-state index contributed by atoms with van der Waals surface area (Å²) in [4.78, 5) is 16.0. The average molecular weight is 326 g/mol. The molecule has 2 amide bonds. The molecule has 126 valence electrons.